The molecule has 0 saturated carbocycles. The van der Waals surface area contributed by atoms with E-state index in [-0.39, 0.29) is 25.7 Å². The van der Waals surface area contributed by atoms with Crippen molar-refractivity contribution < 1.29 is 14.6 Å². The monoisotopic (exact) mass is 208 g/mol. The molecule has 0 atom stereocenters. The highest BCUT2D eigenvalue weighted by Gasteiger charge is 2.25. The number of aliphatic hydroxyl groups is 1. The summed E-state index contributed by atoms with van der Waals surface area (Å²) in [5.41, 5.74) is 6.85. The molecule has 1 aromatic rings. The van der Waals surface area contributed by atoms with Gasteiger partial charge in [-0.2, -0.15) is 0 Å². The first-order valence-corrected chi connectivity index (χ1v) is 4.66. The number of nitrogens with two attached hydrogens (primary N) is 1. The first kappa shape index (κ1) is 9.79. The first-order chi connectivity index (χ1) is 7.24. The number of carbonyl (C=O) groups excluding carboxylic acids is 1. The zero-order chi connectivity index (χ0) is 10.8. The second kappa shape index (κ2) is 3.78. The summed E-state index contributed by atoms with van der Waals surface area (Å²) in [6, 6.07) is 5.21. The molecule has 5 heteroatoms. The molecule has 3 N–H and O–H groups in total. The zero-order valence-electron chi connectivity index (χ0n) is 8.14. The van der Waals surface area contributed by atoms with E-state index in [1.165, 1.54) is 4.90 Å². The van der Waals surface area contributed by atoms with E-state index in [2.05, 4.69) is 0 Å². The van der Waals surface area contributed by atoms with Gasteiger partial charge in [-0.15, -0.1) is 0 Å². The van der Waals surface area contributed by atoms with Gasteiger partial charge in [-0.25, -0.2) is 0 Å². The maximum atomic E-state index is 11.5. The Hall–Kier alpha value is -1.75. The van der Waals surface area contributed by atoms with Crippen LogP contribution in [0, 0.1) is 0 Å². The van der Waals surface area contributed by atoms with Crippen molar-refractivity contribution >= 4 is 17.3 Å². The van der Waals surface area contributed by atoms with Crippen LogP contribution in [-0.2, 0) is 4.79 Å². The second-order valence-corrected chi connectivity index (χ2v) is 3.25. The van der Waals surface area contributed by atoms with Gasteiger partial charge in [0.1, 0.15) is 0 Å². The predicted molar refractivity (Wildman–Crippen MR) is 55.8 cm³/mol. The lowest BCUT2D eigenvalue weighted by atomic mass is 10.2. The minimum atomic E-state index is -0.165. The number of nitrogens with zero attached hydrogens (tertiary/aromatic N) is 1. The van der Waals surface area contributed by atoms with Gasteiger partial charge < -0.3 is 20.5 Å². The van der Waals surface area contributed by atoms with Gasteiger partial charge in [0.15, 0.2) is 12.4 Å². The number of anilines is 2. The van der Waals surface area contributed by atoms with Gasteiger partial charge in [-0.05, 0) is 12.1 Å². The van der Waals surface area contributed by atoms with Crippen LogP contribution in [0.5, 0.6) is 5.75 Å². The van der Waals surface area contributed by atoms with Gasteiger partial charge in [0.05, 0.1) is 18.0 Å². The van der Waals surface area contributed by atoms with Gasteiger partial charge in [-0.3, -0.25) is 4.79 Å². The molecule has 0 unspecified atom stereocenters. The lowest BCUT2D eigenvalue weighted by Gasteiger charge is -2.29. The van der Waals surface area contributed by atoms with Crippen LogP contribution in [0.2, 0.25) is 0 Å². The summed E-state index contributed by atoms with van der Waals surface area (Å²) in [6.07, 6.45) is 0. The minimum absolute atomic E-state index is 0.0266. The van der Waals surface area contributed by atoms with Crippen LogP contribution in [0.4, 0.5) is 11.4 Å². The van der Waals surface area contributed by atoms with Gasteiger partial charge in [0, 0.05) is 6.54 Å². The highest BCUT2D eigenvalue weighted by molar-refractivity contribution is 5.99. The Morgan fingerprint density at radius 3 is 3.07 bits per heavy atom. The molecule has 0 aliphatic carbocycles. The highest BCUT2D eigenvalue weighted by atomic mass is 16.5. The number of hydrogen-bond acceptors (Lipinski definition) is 4. The largest absolute Gasteiger partial charge is 0.479 e. The minimum Gasteiger partial charge on any atom is -0.479 e. The van der Waals surface area contributed by atoms with Gasteiger partial charge in [0.25, 0.3) is 5.91 Å². The average Bonchev–Trinajstić information content (AvgIpc) is 2.23. The van der Waals surface area contributed by atoms with E-state index in [9.17, 15) is 4.79 Å². The summed E-state index contributed by atoms with van der Waals surface area (Å²) in [6.45, 7) is 0.153. The third-order valence-corrected chi connectivity index (χ3v) is 2.28. The summed E-state index contributed by atoms with van der Waals surface area (Å²) >= 11 is 0. The lowest BCUT2D eigenvalue weighted by molar-refractivity contribution is -0.121. The van der Waals surface area contributed by atoms with Crippen LogP contribution in [0.25, 0.3) is 0 Å². The number of aliphatic hydroxyl groups excluding tert-OH is 1. The summed E-state index contributed by atoms with van der Waals surface area (Å²) < 4.78 is 5.25. The number of amides is 1. The molecule has 1 amide bonds. The second-order valence-electron chi connectivity index (χ2n) is 3.25. The molecular formula is C10H12N2O3. The topological polar surface area (TPSA) is 75.8 Å². The molecule has 80 valence electrons. The summed E-state index contributed by atoms with van der Waals surface area (Å²) in [7, 11) is 0. The Kier molecular flexibility index (Phi) is 2.47. The first-order valence-electron chi connectivity index (χ1n) is 4.66. The Morgan fingerprint density at radius 1 is 1.53 bits per heavy atom. The van der Waals surface area contributed by atoms with Gasteiger partial charge in [-0.1, -0.05) is 6.07 Å². The summed E-state index contributed by atoms with van der Waals surface area (Å²) in [4.78, 5) is 13.0. The van der Waals surface area contributed by atoms with Crippen LogP contribution >= 0.6 is 0 Å². The van der Waals surface area contributed by atoms with Crippen molar-refractivity contribution in [1.82, 2.24) is 0 Å². The lowest BCUT2D eigenvalue weighted by Crippen LogP contribution is -2.40. The van der Waals surface area contributed by atoms with E-state index >= 15 is 0 Å². The molecule has 0 aromatic heterocycles. The molecule has 0 fully saturated rings. The molecule has 15 heavy (non-hydrogen) atoms. The highest BCUT2D eigenvalue weighted by Crippen LogP contribution is 2.36. The maximum Gasteiger partial charge on any atom is 0.265 e. The smallest absolute Gasteiger partial charge is 0.265 e. The number of rotatable bonds is 2. The Bertz CT molecular complexity index is 392. The average molecular weight is 208 g/mol. The predicted octanol–water partition coefficient (Wildman–Crippen LogP) is -0.0135. The number of benzene rings is 1. The summed E-state index contributed by atoms with van der Waals surface area (Å²) in [5, 5.41) is 8.87. The van der Waals surface area contributed by atoms with Crippen molar-refractivity contribution in [2.75, 3.05) is 30.4 Å². The molecule has 1 aliphatic rings. The van der Waals surface area contributed by atoms with Crippen molar-refractivity contribution in [2.24, 2.45) is 0 Å². The normalized spacial score (nSPS) is 14.7. The van der Waals surface area contributed by atoms with E-state index in [4.69, 9.17) is 15.6 Å². The molecule has 0 radical (unpaired) electrons. The van der Waals surface area contributed by atoms with Crippen molar-refractivity contribution in [2.45, 2.75) is 0 Å². The zero-order valence-corrected chi connectivity index (χ0v) is 8.14. The van der Waals surface area contributed by atoms with E-state index in [0.29, 0.717) is 17.1 Å². The standard InChI is InChI=1S/C10H12N2O3/c11-7-2-1-3-8-10(7)15-6-9(14)12(8)4-5-13/h1-3,13H,4-6,11H2. The van der Waals surface area contributed by atoms with Crippen molar-refractivity contribution in [3.63, 3.8) is 0 Å². The van der Waals surface area contributed by atoms with E-state index in [0.717, 1.165) is 0 Å². The van der Waals surface area contributed by atoms with Crippen LogP contribution in [0.15, 0.2) is 18.2 Å². The Morgan fingerprint density at radius 2 is 2.33 bits per heavy atom. The maximum absolute atomic E-state index is 11.5. The van der Waals surface area contributed by atoms with Crippen LogP contribution < -0.4 is 15.4 Å². The number of para-hydroxylation sites is 1. The molecule has 1 heterocycles. The number of nitrogen functional groups attached to an aromatic ring is 1. The SMILES string of the molecule is Nc1cccc2c1OCC(=O)N2CCO. The number of β-amino-alcohol motifs (C(OH)–C–C–N with tert-alkyl or cyclic N) is 1. The quantitative estimate of drug-likeness (QED) is 0.670. The Balaban J connectivity index is 2.43. The van der Waals surface area contributed by atoms with E-state index in [1.54, 1.807) is 18.2 Å². The van der Waals surface area contributed by atoms with Crippen molar-refractivity contribution in [3.8, 4) is 5.75 Å². The molecule has 5 nitrogen and oxygen atoms in total. The molecule has 0 saturated heterocycles. The molecule has 1 aromatic carbocycles. The Labute approximate surface area is 87.1 Å². The fourth-order valence-corrected chi connectivity index (χ4v) is 1.60. The molecule has 0 bridgehead atoms. The van der Waals surface area contributed by atoms with E-state index in [1.807, 2.05) is 0 Å². The molecule has 0 spiro atoms. The van der Waals surface area contributed by atoms with E-state index < -0.39 is 0 Å². The fraction of sp³-hybridized carbons (Fsp3) is 0.300. The number of hydrogen-bond donors (Lipinski definition) is 2. The number of fused-ring (bicyclic) bond motifs is 1. The summed E-state index contributed by atoms with van der Waals surface area (Å²) in [5.74, 6) is 0.354. The fourth-order valence-electron chi connectivity index (χ4n) is 1.60. The molecule has 2 rings (SSSR count). The number of ether oxygens (including phenoxy) is 1. The molecule has 1 aliphatic heterocycles. The van der Waals surface area contributed by atoms with Crippen LogP contribution in [-0.4, -0.2) is 30.8 Å². The van der Waals surface area contributed by atoms with Crippen LogP contribution in [0.1, 0.15) is 0 Å². The van der Waals surface area contributed by atoms with Crippen LogP contribution in [0.3, 0.4) is 0 Å². The third kappa shape index (κ3) is 1.61. The number of carbonyl (C=O) groups is 1. The molecular weight excluding hydrogens is 196 g/mol. The van der Waals surface area contributed by atoms with Gasteiger partial charge >= 0.3 is 0 Å². The van der Waals surface area contributed by atoms with Gasteiger partial charge in [0.2, 0.25) is 0 Å². The van der Waals surface area contributed by atoms with Crippen molar-refractivity contribution in [1.29, 1.82) is 0 Å². The third-order valence-electron chi connectivity index (χ3n) is 2.28. The van der Waals surface area contributed by atoms with Crippen molar-refractivity contribution in [3.05, 3.63) is 18.2 Å².